The predicted octanol–water partition coefficient (Wildman–Crippen LogP) is 3.32. The number of hydrogen-bond donors (Lipinski definition) is 1. The molecule has 0 aliphatic carbocycles. The Morgan fingerprint density at radius 3 is 2.70 bits per heavy atom. The predicted molar refractivity (Wildman–Crippen MR) is 109 cm³/mol. The molecule has 6 heteroatoms. The number of aromatic nitrogens is 1. The van der Waals surface area contributed by atoms with Crippen molar-refractivity contribution in [1.29, 1.82) is 0 Å². The third-order valence-corrected chi connectivity index (χ3v) is 6.17. The molecule has 0 saturated carbocycles. The first-order chi connectivity index (χ1) is 13.0. The summed E-state index contributed by atoms with van der Waals surface area (Å²) in [4.78, 5) is 6.93. The summed E-state index contributed by atoms with van der Waals surface area (Å²) in [7, 11) is -3.13. The lowest BCUT2D eigenvalue weighted by Gasteiger charge is -2.18. The Bertz CT molecular complexity index is 1050. The number of hydrogen-bond acceptors (Lipinski definition) is 5. The zero-order chi connectivity index (χ0) is 18.9. The fourth-order valence-electron chi connectivity index (χ4n) is 3.60. The van der Waals surface area contributed by atoms with Crippen LogP contribution in [0.1, 0.15) is 12.0 Å². The number of sulfone groups is 1. The van der Waals surface area contributed by atoms with Crippen molar-refractivity contribution in [1.82, 2.24) is 9.88 Å². The second-order valence-electron chi connectivity index (χ2n) is 7.22. The number of likely N-dealkylation sites (tertiary alicyclic amines) is 1. The molecule has 140 valence electrons. The maximum atomic E-state index is 11.6. The highest BCUT2D eigenvalue weighted by molar-refractivity contribution is 7.90. The van der Waals surface area contributed by atoms with Crippen molar-refractivity contribution in [3.05, 3.63) is 66.5 Å². The molecule has 5 nitrogen and oxygen atoms in total. The molecular formula is C21H23N3O2S. The minimum atomic E-state index is -3.13. The number of nitrogens with one attached hydrogen (secondary N) is 1. The SMILES string of the molecule is CS(=O)(=O)c1ccc(CN2CCC(Nc3ccc4cnccc4c3)C2)cc1. The van der Waals surface area contributed by atoms with Crippen LogP contribution in [-0.2, 0) is 16.4 Å². The third kappa shape index (κ3) is 4.28. The summed E-state index contributed by atoms with van der Waals surface area (Å²) < 4.78 is 23.1. The molecule has 1 aliphatic rings. The van der Waals surface area contributed by atoms with Crippen molar-refractivity contribution in [3.8, 4) is 0 Å². The van der Waals surface area contributed by atoms with Crippen molar-refractivity contribution in [3.63, 3.8) is 0 Å². The molecule has 0 amide bonds. The molecule has 0 bridgehead atoms. The van der Waals surface area contributed by atoms with E-state index in [2.05, 4.69) is 33.4 Å². The molecule has 0 spiro atoms. The van der Waals surface area contributed by atoms with E-state index in [0.717, 1.165) is 42.7 Å². The number of fused-ring (bicyclic) bond motifs is 1. The Kier molecular flexibility index (Phi) is 4.85. The van der Waals surface area contributed by atoms with Crippen LogP contribution in [0.3, 0.4) is 0 Å². The monoisotopic (exact) mass is 381 g/mol. The van der Waals surface area contributed by atoms with Gasteiger partial charge in [-0.25, -0.2) is 8.42 Å². The molecule has 2 aromatic carbocycles. The van der Waals surface area contributed by atoms with E-state index in [4.69, 9.17) is 0 Å². The second-order valence-corrected chi connectivity index (χ2v) is 9.23. The Hall–Kier alpha value is -2.44. The number of rotatable bonds is 5. The zero-order valence-electron chi connectivity index (χ0n) is 15.3. The minimum absolute atomic E-state index is 0.374. The molecule has 1 atom stereocenters. The second kappa shape index (κ2) is 7.29. The molecule has 1 fully saturated rings. The summed E-state index contributed by atoms with van der Waals surface area (Å²) in [6.45, 7) is 2.84. The summed E-state index contributed by atoms with van der Waals surface area (Å²) in [6, 6.07) is 16.0. The largest absolute Gasteiger partial charge is 0.381 e. The highest BCUT2D eigenvalue weighted by Gasteiger charge is 2.22. The number of nitrogens with zero attached hydrogens (tertiary/aromatic N) is 2. The number of anilines is 1. The molecule has 2 heterocycles. The molecule has 27 heavy (non-hydrogen) atoms. The van der Waals surface area contributed by atoms with Gasteiger partial charge in [0.15, 0.2) is 9.84 Å². The number of pyridine rings is 1. The highest BCUT2D eigenvalue weighted by Crippen LogP contribution is 2.22. The summed E-state index contributed by atoms with van der Waals surface area (Å²) in [6.07, 6.45) is 6.03. The average molecular weight is 382 g/mol. The summed E-state index contributed by atoms with van der Waals surface area (Å²) >= 11 is 0. The topological polar surface area (TPSA) is 62.3 Å². The van der Waals surface area contributed by atoms with Gasteiger partial charge in [0.2, 0.25) is 0 Å². The van der Waals surface area contributed by atoms with Gasteiger partial charge in [-0.1, -0.05) is 18.2 Å². The first kappa shape index (κ1) is 17.9. The maximum Gasteiger partial charge on any atom is 0.175 e. The van der Waals surface area contributed by atoms with Gasteiger partial charge in [-0.15, -0.1) is 0 Å². The Morgan fingerprint density at radius 1 is 1.11 bits per heavy atom. The Labute approximate surface area is 160 Å². The van der Waals surface area contributed by atoms with Gasteiger partial charge in [-0.2, -0.15) is 0 Å². The van der Waals surface area contributed by atoms with E-state index in [0.29, 0.717) is 10.9 Å². The summed E-state index contributed by atoms with van der Waals surface area (Å²) in [5.41, 5.74) is 2.28. The van der Waals surface area contributed by atoms with Gasteiger partial charge in [0.25, 0.3) is 0 Å². The van der Waals surface area contributed by atoms with Crippen molar-refractivity contribution >= 4 is 26.3 Å². The van der Waals surface area contributed by atoms with E-state index < -0.39 is 9.84 Å². The third-order valence-electron chi connectivity index (χ3n) is 5.04. The first-order valence-corrected chi connectivity index (χ1v) is 11.0. The molecule has 4 rings (SSSR count). The average Bonchev–Trinajstić information content (AvgIpc) is 3.08. The van der Waals surface area contributed by atoms with Crippen LogP contribution in [0.5, 0.6) is 0 Å². The van der Waals surface area contributed by atoms with Crippen LogP contribution in [0.25, 0.3) is 10.8 Å². The quantitative estimate of drug-likeness (QED) is 0.735. The lowest BCUT2D eigenvalue weighted by atomic mass is 10.1. The van der Waals surface area contributed by atoms with Crippen LogP contribution in [0.4, 0.5) is 5.69 Å². The van der Waals surface area contributed by atoms with Crippen molar-refractivity contribution in [2.45, 2.75) is 23.9 Å². The lowest BCUT2D eigenvalue weighted by molar-refractivity contribution is 0.328. The van der Waals surface area contributed by atoms with Gasteiger partial charge >= 0.3 is 0 Å². The zero-order valence-corrected chi connectivity index (χ0v) is 16.1. The van der Waals surface area contributed by atoms with Gasteiger partial charge in [0.1, 0.15) is 0 Å². The van der Waals surface area contributed by atoms with E-state index >= 15 is 0 Å². The fourth-order valence-corrected chi connectivity index (χ4v) is 4.23. The van der Waals surface area contributed by atoms with E-state index in [1.807, 2.05) is 30.6 Å². The first-order valence-electron chi connectivity index (χ1n) is 9.09. The molecule has 3 aromatic rings. The minimum Gasteiger partial charge on any atom is -0.381 e. The summed E-state index contributed by atoms with van der Waals surface area (Å²) in [5, 5.41) is 5.97. The van der Waals surface area contributed by atoms with Crippen LogP contribution in [0.15, 0.2) is 65.8 Å². The van der Waals surface area contributed by atoms with Crippen LogP contribution in [0.2, 0.25) is 0 Å². The van der Waals surface area contributed by atoms with Gasteiger partial charge in [0.05, 0.1) is 4.90 Å². The lowest BCUT2D eigenvalue weighted by Crippen LogP contribution is -2.25. The van der Waals surface area contributed by atoms with Crippen molar-refractivity contribution in [2.24, 2.45) is 0 Å². The molecular weight excluding hydrogens is 358 g/mol. The van der Waals surface area contributed by atoms with Gasteiger partial charge in [-0.3, -0.25) is 9.88 Å². The molecule has 1 aromatic heterocycles. The molecule has 0 radical (unpaired) electrons. The number of benzene rings is 2. The summed E-state index contributed by atoms with van der Waals surface area (Å²) in [5.74, 6) is 0. The van der Waals surface area contributed by atoms with Crippen molar-refractivity contribution < 1.29 is 8.42 Å². The van der Waals surface area contributed by atoms with E-state index in [9.17, 15) is 8.42 Å². The Morgan fingerprint density at radius 2 is 1.93 bits per heavy atom. The molecule has 1 saturated heterocycles. The normalized spacial score (nSPS) is 18.0. The molecule has 1 N–H and O–H groups in total. The van der Waals surface area contributed by atoms with Crippen LogP contribution in [0, 0.1) is 0 Å². The fraction of sp³-hybridized carbons (Fsp3) is 0.286. The highest BCUT2D eigenvalue weighted by atomic mass is 32.2. The van der Waals surface area contributed by atoms with Gasteiger partial charge < -0.3 is 5.32 Å². The van der Waals surface area contributed by atoms with E-state index in [-0.39, 0.29) is 0 Å². The maximum absolute atomic E-state index is 11.6. The molecule has 1 aliphatic heterocycles. The van der Waals surface area contributed by atoms with E-state index in [1.54, 1.807) is 12.1 Å². The smallest absolute Gasteiger partial charge is 0.175 e. The molecule has 1 unspecified atom stereocenters. The van der Waals surface area contributed by atoms with Gasteiger partial charge in [0, 0.05) is 55.4 Å². The van der Waals surface area contributed by atoms with Crippen LogP contribution >= 0.6 is 0 Å². The van der Waals surface area contributed by atoms with Crippen molar-refractivity contribution in [2.75, 3.05) is 24.7 Å². The Balaban J connectivity index is 1.36. The van der Waals surface area contributed by atoms with E-state index in [1.165, 1.54) is 11.6 Å². The van der Waals surface area contributed by atoms with Gasteiger partial charge in [-0.05, 0) is 47.7 Å². The van der Waals surface area contributed by atoms with Crippen LogP contribution < -0.4 is 5.32 Å². The van der Waals surface area contributed by atoms with Crippen LogP contribution in [-0.4, -0.2) is 43.7 Å². The standard InChI is InChI=1S/C21H23N3O2S/c1-27(25,26)21-6-2-16(3-7-21)14-24-11-9-20(15-24)23-19-5-4-18-13-22-10-8-17(18)12-19/h2-8,10,12-13,20,23H,9,11,14-15H2,1H3.